The van der Waals surface area contributed by atoms with Crippen molar-refractivity contribution in [2.75, 3.05) is 18.0 Å². The second-order valence-corrected chi connectivity index (χ2v) is 8.08. The average molecular weight is 423 g/mol. The van der Waals surface area contributed by atoms with Crippen molar-refractivity contribution in [3.8, 4) is 16.3 Å². The number of hydrogen-bond donors (Lipinski definition) is 2. The molecule has 1 aromatic carbocycles. The number of benzene rings is 1. The fourth-order valence-corrected chi connectivity index (χ4v) is 4.52. The highest BCUT2D eigenvalue weighted by molar-refractivity contribution is 7.13. The van der Waals surface area contributed by atoms with E-state index in [0.717, 1.165) is 6.42 Å². The molecule has 0 amide bonds. The largest absolute Gasteiger partial charge is 0.573 e. The number of nitrogens with one attached hydrogen (secondary N) is 2. The van der Waals surface area contributed by atoms with Crippen molar-refractivity contribution >= 4 is 34.2 Å². The number of alkyl halides is 3. The molecule has 3 aromatic rings. The summed E-state index contributed by atoms with van der Waals surface area (Å²) in [6.45, 7) is 2.74. The number of nitrogens with zero attached hydrogens (tertiary/aromatic N) is 3. The van der Waals surface area contributed by atoms with Crippen LogP contribution in [-0.2, 0) is 0 Å². The summed E-state index contributed by atoms with van der Waals surface area (Å²) in [4.78, 5) is 10.6. The highest BCUT2D eigenvalue weighted by atomic mass is 32.1. The molecular formula is C18H16F3N5O2S. The van der Waals surface area contributed by atoms with Gasteiger partial charge in [0, 0.05) is 48.0 Å². The minimum absolute atomic E-state index is 0.00281. The molecule has 2 aromatic heterocycles. The molecule has 3 aliphatic heterocycles. The zero-order valence-corrected chi connectivity index (χ0v) is 16.0. The van der Waals surface area contributed by atoms with Gasteiger partial charge in [-0.2, -0.15) is 4.98 Å². The Bertz CT molecular complexity index is 1080. The summed E-state index contributed by atoms with van der Waals surface area (Å²) in [5, 5.41) is 13.7. The number of fused-ring (bicyclic) bond motifs is 3. The van der Waals surface area contributed by atoms with E-state index in [2.05, 4.69) is 20.0 Å². The highest BCUT2D eigenvalue weighted by Crippen LogP contribution is 2.42. The zero-order chi connectivity index (χ0) is 20.3. The van der Waals surface area contributed by atoms with Crippen LogP contribution in [0.4, 0.5) is 19.2 Å². The van der Waals surface area contributed by atoms with Crippen LogP contribution in [-0.4, -0.2) is 47.2 Å². The van der Waals surface area contributed by atoms with Gasteiger partial charge in [-0.3, -0.25) is 0 Å². The maximum Gasteiger partial charge on any atom is 0.573 e. The molecule has 0 aliphatic carbocycles. The molecule has 5 heterocycles. The maximum absolute atomic E-state index is 13.1. The van der Waals surface area contributed by atoms with E-state index in [1.807, 2.05) is 4.90 Å². The second-order valence-electron chi connectivity index (χ2n) is 7.19. The minimum Gasteiger partial charge on any atom is -0.422 e. The minimum atomic E-state index is -4.92. The standard InChI is InChI=1S/C18H16F3N5O2S/c1-8(22)11-5-12(16-23-2-3-29-16)14-13(15(11)28-18(19,20)21)25-17(27-14)26-6-9-4-10(7-26)24-9/h2-3,5,9-10,22,24H,4,6-7H2,1H3. The predicted molar refractivity (Wildman–Crippen MR) is 102 cm³/mol. The van der Waals surface area contributed by atoms with Gasteiger partial charge < -0.3 is 24.8 Å². The second kappa shape index (κ2) is 6.42. The molecule has 29 heavy (non-hydrogen) atoms. The lowest BCUT2D eigenvalue weighted by atomic mass is 9.92. The van der Waals surface area contributed by atoms with Gasteiger partial charge in [0.25, 0.3) is 6.01 Å². The molecule has 0 saturated carbocycles. The Balaban J connectivity index is 1.72. The Morgan fingerprint density at radius 1 is 1.38 bits per heavy atom. The fourth-order valence-electron chi connectivity index (χ4n) is 3.87. The van der Waals surface area contributed by atoms with Crippen molar-refractivity contribution in [3.63, 3.8) is 0 Å². The zero-order valence-electron chi connectivity index (χ0n) is 15.2. The molecular weight excluding hydrogens is 407 g/mol. The van der Waals surface area contributed by atoms with Gasteiger partial charge in [0.15, 0.2) is 16.8 Å². The molecule has 152 valence electrons. The molecule has 7 nitrogen and oxygen atoms in total. The summed E-state index contributed by atoms with van der Waals surface area (Å²) < 4.78 is 49.6. The number of piperazine rings is 1. The lowest BCUT2D eigenvalue weighted by Gasteiger charge is -2.47. The number of piperidine rings is 1. The van der Waals surface area contributed by atoms with Gasteiger partial charge >= 0.3 is 6.36 Å². The molecule has 0 spiro atoms. The fraction of sp³-hybridized carbons (Fsp3) is 0.389. The topological polar surface area (TPSA) is 87.3 Å². The first-order valence-corrected chi connectivity index (χ1v) is 9.86. The normalized spacial score (nSPS) is 21.3. The summed E-state index contributed by atoms with van der Waals surface area (Å²) in [6.07, 6.45) is -2.25. The third-order valence-electron chi connectivity index (χ3n) is 5.09. The Labute approximate surface area is 167 Å². The first-order valence-electron chi connectivity index (χ1n) is 8.98. The number of ether oxygens (including phenoxy) is 1. The van der Waals surface area contributed by atoms with E-state index in [-0.39, 0.29) is 28.4 Å². The van der Waals surface area contributed by atoms with E-state index in [1.165, 1.54) is 24.3 Å². The van der Waals surface area contributed by atoms with Crippen LogP contribution in [0, 0.1) is 5.41 Å². The van der Waals surface area contributed by atoms with Gasteiger partial charge in [0.2, 0.25) is 0 Å². The molecule has 3 aliphatic rings. The Morgan fingerprint density at radius 2 is 2.10 bits per heavy atom. The summed E-state index contributed by atoms with van der Waals surface area (Å²) in [7, 11) is 0. The Kier molecular flexibility index (Phi) is 4.07. The molecule has 11 heteroatoms. The third kappa shape index (κ3) is 3.23. The smallest absolute Gasteiger partial charge is 0.422 e. The highest BCUT2D eigenvalue weighted by Gasteiger charge is 2.39. The van der Waals surface area contributed by atoms with Gasteiger partial charge in [-0.15, -0.1) is 24.5 Å². The monoisotopic (exact) mass is 423 g/mol. The predicted octanol–water partition coefficient (Wildman–Crippen LogP) is 3.79. The van der Waals surface area contributed by atoms with Crippen molar-refractivity contribution < 1.29 is 22.3 Å². The van der Waals surface area contributed by atoms with Crippen LogP contribution in [0.2, 0.25) is 0 Å². The summed E-state index contributed by atoms with van der Waals surface area (Å²) in [6, 6.07) is 2.36. The molecule has 2 N–H and O–H groups in total. The number of hydrogen-bond acceptors (Lipinski definition) is 8. The van der Waals surface area contributed by atoms with Crippen LogP contribution >= 0.6 is 11.3 Å². The lowest BCUT2D eigenvalue weighted by molar-refractivity contribution is -0.274. The van der Waals surface area contributed by atoms with E-state index >= 15 is 0 Å². The number of aromatic nitrogens is 2. The first kappa shape index (κ1) is 18.4. The van der Waals surface area contributed by atoms with Crippen LogP contribution in [0.3, 0.4) is 0 Å². The summed E-state index contributed by atoms with van der Waals surface area (Å²) >= 11 is 1.33. The van der Waals surface area contributed by atoms with Gasteiger partial charge in [0.1, 0.15) is 5.01 Å². The van der Waals surface area contributed by atoms with Crippen molar-refractivity contribution in [2.24, 2.45) is 0 Å². The maximum atomic E-state index is 13.1. The van der Waals surface area contributed by atoms with Crippen molar-refractivity contribution in [3.05, 3.63) is 23.2 Å². The van der Waals surface area contributed by atoms with Crippen LogP contribution in [0.25, 0.3) is 21.7 Å². The number of oxazole rings is 1. The number of rotatable bonds is 4. The van der Waals surface area contributed by atoms with E-state index in [0.29, 0.717) is 35.7 Å². The van der Waals surface area contributed by atoms with Gasteiger partial charge in [0.05, 0.1) is 5.56 Å². The number of thiazole rings is 1. The van der Waals surface area contributed by atoms with Gasteiger partial charge in [-0.1, -0.05) is 0 Å². The molecule has 3 saturated heterocycles. The van der Waals surface area contributed by atoms with E-state index in [9.17, 15) is 13.2 Å². The first-order chi connectivity index (χ1) is 13.8. The Hall–Kier alpha value is -2.66. The molecule has 6 rings (SSSR count). The number of anilines is 1. The molecule has 0 radical (unpaired) electrons. The third-order valence-corrected chi connectivity index (χ3v) is 5.89. The van der Waals surface area contributed by atoms with Gasteiger partial charge in [-0.05, 0) is 19.4 Å². The Morgan fingerprint density at radius 3 is 2.69 bits per heavy atom. The van der Waals surface area contributed by atoms with Crippen molar-refractivity contribution in [1.29, 1.82) is 5.41 Å². The van der Waals surface area contributed by atoms with Crippen LogP contribution < -0.4 is 15.0 Å². The molecule has 2 bridgehead atoms. The quantitative estimate of drug-likeness (QED) is 0.621. The molecule has 3 fully saturated rings. The SMILES string of the molecule is CC(=N)c1cc(-c2nccs2)c2oc(N3CC4CC(C3)N4)nc2c1OC(F)(F)F. The summed E-state index contributed by atoms with van der Waals surface area (Å²) in [5.74, 6) is -0.518. The average Bonchev–Trinajstić information content (AvgIpc) is 3.30. The molecule has 2 unspecified atom stereocenters. The van der Waals surface area contributed by atoms with Crippen molar-refractivity contribution in [2.45, 2.75) is 31.8 Å². The summed E-state index contributed by atoms with van der Waals surface area (Å²) in [5.41, 5.74) is 0.537. The molecule has 2 atom stereocenters. The van der Waals surface area contributed by atoms with Crippen molar-refractivity contribution in [1.82, 2.24) is 15.3 Å². The van der Waals surface area contributed by atoms with Crippen LogP contribution in [0.15, 0.2) is 22.1 Å². The number of halogens is 3. The van der Waals surface area contributed by atoms with E-state index in [1.54, 1.807) is 11.6 Å². The van der Waals surface area contributed by atoms with Gasteiger partial charge in [-0.25, -0.2) is 4.98 Å². The van der Waals surface area contributed by atoms with E-state index < -0.39 is 12.1 Å². The van der Waals surface area contributed by atoms with Crippen LogP contribution in [0.5, 0.6) is 5.75 Å². The lowest BCUT2D eigenvalue weighted by Crippen LogP contribution is -2.67. The van der Waals surface area contributed by atoms with Crippen LogP contribution in [0.1, 0.15) is 18.9 Å². The van der Waals surface area contributed by atoms with E-state index in [4.69, 9.17) is 9.83 Å².